The zero-order chi connectivity index (χ0) is 15.8. The van der Waals surface area contributed by atoms with E-state index in [1.54, 1.807) is 6.07 Å². The molecule has 1 N–H and O–H groups in total. The molecule has 1 heterocycles. The SMILES string of the molecule is CCN(CC)c1cc(C(=O)NCCc2ccccc2)ncn1. The van der Waals surface area contributed by atoms with Crippen LogP contribution in [0.3, 0.4) is 0 Å². The molecule has 0 spiro atoms. The van der Waals surface area contributed by atoms with Crippen LogP contribution in [-0.4, -0.2) is 35.5 Å². The van der Waals surface area contributed by atoms with Crippen molar-refractivity contribution in [2.24, 2.45) is 0 Å². The Labute approximate surface area is 131 Å². The fourth-order valence-corrected chi connectivity index (χ4v) is 2.25. The monoisotopic (exact) mass is 298 g/mol. The van der Waals surface area contributed by atoms with Crippen LogP contribution in [0.25, 0.3) is 0 Å². The second-order valence-electron chi connectivity index (χ2n) is 4.93. The first-order valence-corrected chi connectivity index (χ1v) is 7.63. The number of benzene rings is 1. The van der Waals surface area contributed by atoms with Gasteiger partial charge in [-0.15, -0.1) is 0 Å². The van der Waals surface area contributed by atoms with Gasteiger partial charge in [-0.25, -0.2) is 9.97 Å². The molecule has 0 radical (unpaired) electrons. The maximum Gasteiger partial charge on any atom is 0.270 e. The summed E-state index contributed by atoms with van der Waals surface area (Å²) in [5, 5.41) is 2.90. The smallest absolute Gasteiger partial charge is 0.270 e. The third-order valence-electron chi connectivity index (χ3n) is 3.51. The highest BCUT2D eigenvalue weighted by Gasteiger charge is 2.10. The highest BCUT2D eigenvalue weighted by atomic mass is 16.1. The predicted octanol–water partition coefficient (Wildman–Crippen LogP) is 2.30. The molecule has 1 aromatic carbocycles. The van der Waals surface area contributed by atoms with Crippen LogP contribution in [0.4, 0.5) is 5.82 Å². The molecule has 0 saturated carbocycles. The molecule has 0 atom stereocenters. The highest BCUT2D eigenvalue weighted by molar-refractivity contribution is 5.92. The van der Waals surface area contributed by atoms with E-state index in [1.165, 1.54) is 11.9 Å². The van der Waals surface area contributed by atoms with Gasteiger partial charge in [0.2, 0.25) is 0 Å². The van der Waals surface area contributed by atoms with Gasteiger partial charge < -0.3 is 10.2 Å². The van der Waals surface area contributed by atoms with Crippen LogP contribution in [0.1, 0.15) is 29.9 Å². The lowest BCUT2D eigenvalue weighted by Gasteiger charge is -2.19. The number of hydrogen-bond acceptors (Lipinski definition) is 4. The van der Waals surface area contributed by atoms with Gasteiger partial charge in [0, 0.05) is 25.7 Å². The lowest BCUT2D eigenvalue weighted by Crippen LogP contribution is -2.28. The van der Waals surface area contributed by atoms with Crippen LogP contribution in [0.15, 0.2) is 42.7 Å². The topological polar surface area (TPSA) is 58.1 Å². The second kappa shape index (κ2) is 8.12. The van der Waals surface area contributed by atoms with Crippen molar-refractivity contribution >= 4 is 11.7 Å². The van der Waals surface area contributed by atoms with Gasteiger partial charge in [-0.3, -0.25) is 4.79 Å². The molecule has 2 aromatic rings. The van der Waals surface area contributed by atoms with Gasteiger partial charge in [0.1, 0.15) is 17.8 Å². The summed E-state index contributed by atoms with van der Waals surface area (Å²) in [4.78, 5) is 22.5. The number of anilines is 1. The minimum atomic E-state index is -0.160. The number of aromatic nitrogens is 2. The van der Waals surface area contributed by atoms with Crippen LogP contribution in [0, 0.1) is 0 Å². The fourth-order valence-electron chi connectivity index (χ4n) is 2.25. The summed E-state index contributed by atoms with van der Waals surface area (Å²) < 4.78 is 0. The van der Waals surface area contributed by atoms with Gasteiger partial charge in [0.25, 0.3) is 5.91 Å². The van der Waals surface area contributed by atoms with Crippen molar-refractivity contribution in [3.63, 3.8) is 0 Å². The van der Waals surface area contributed by atoms with Crippen LogP contribution in [0.2, 0.25) is 0 Å². The molecular formula is C17H22N4O. The fraction of sp³-hybridized carbons (Fsp3) is 0.353. The van der Waals surface area contributed by atoms with E-state index in [-0.39, 0.29) is 5.91 Å². The Bertz CT molecular complexity index is 597. The van der Waals surface area contributed by atoms with E-state index in [9.17, 15) is 4.79 Å². The molecule has 0 aliphatic carbocycles. The molecular weight excluding hydrogens is 276 g/mol. The largest absolute Gasteiger partial charge is 0.357 e. The molecule has 0 bridgehead atoms. The van der Waals surface area contributed by atoms with Gasteiger partial charge in [-0.1, -0.05) is 30.3 Å². The second-order valence-corrected chi connectivity index (χ2v) is 4.93. The summed E-state index contributed by atoms with van der Waals surface area (Å²) in [6, 6.07) is 11.8. The number of nitrogens with one attached hydrogen (secondary N) is 1. The number of carbonyl (C=O) groups is 1. The molecule has 2 rings (SSSR count). The lowest BCUT2D eigenvalue weighted by molar-refractivity contribution is 0.0949. The number of rotatable bonds is 7. The molecule has 0 aliphatic heterocycles. The predicted molar refractivity (Wildman–Crippen MR) is 88.1 cm³/mol. The molecule has 5 nitrogen and oxygen atoms in total. The van der Waals surface area contributed by atoms with Crippen LogP contribution < -0.4 is 10.2 Å². The Balaban J connectivity index is 1.93. The number of nitrogens with zero attached hydrogens (tertiary/aromatic N) is 3. The first-order valence-electron chi connectivity index (χ1n) is 7.63. The summed E-state index contributed by atoms with van der Waals surface area (Å²) in [6.45, 7) is 6.41. The van der Waals surface area contributed by atoms with Crippen LogP contribution in [-0.2, 0) is 6.42 Å². The minimum Gasteiger partial charge on any atom is -0.357 e. The van der Waals surface area contributed by atoms with E-state index in [2.05, 4.69) is 46.2 Å². The summed E-state index contributed by atoms with van der Waals surface area (Å²) >= 11 is 0. The van der Waals surface area contributed by atoms with Crippen molar-refractivity contribution in [1.82, 2.24) is 15.3 Å². The summed E-state index contributed by atoms with van der Waals surface area (Å²) in [6.07, 6.45) is 2.25. The average Bonchev–Trinajstić information content (AvgIpc) is 2.57. The van der Waals surface area contributed by atoms with Gasteiger partial charge in [-0.05, 0) is 25.8 Å². The van der Waals surface area contributed by atoms with Gasteiger partial charge in [-0.2, -0.15) is 0 Å². The van der Waals surface area contributed by atoms with E-state index in [0.29, 0.717) is 12.2 Å². The van der Waals surface area contributed by atoms with Crippen LogP contribution in [0.5, 0.6) is 0 Å². The molecule has 116 valence electrons. The summed E-state index contributed by atoms with van der Waals surface area (Å²) in [5.41, 5.74) is 1.61. The Morgan fingerprint density at radius 1 is 1.14 bits per heavy atom. The Kier molecular flexibility index (Phi) is 5.89. The van der Waals surface area contributed by atoms with E-state index in [0.717, 1.165) is 25.3 Å². The Morgan fingerprint density at radius 2 is 1.86 bits per heavy atom. The zero-order valence-corrected chi connectivity index (χ0v) is 13.1. The average molecular weight is 298 g/mol. The van der Waals surface area contributed by atoms with Crippen molar-refractivity contribution in [3.8, 4) is 0 Å². The molecule has 5 heteroatoms. The van der Waals surface area contributed by atoms with E-state index < -0.39 is 0 Å². The Hall–Kier alpha value is -2.43. The van der Waals surface area contributed by atoms with E-state index in [4.69, 9.17) is 0 Å². The standard InChI is InChI=1S/C17H22N4O/c1-3-21(4-2)16-12-15(19-13-20-16)17(22)18-11-10-14-8-6-5-7-9-14/h5-9,12-13H,3-4,10-11H2,1-2H3,(H,18,22). The van der Waals surface area contributed by atoms with Gasteiger partial charge >= 0.3 is 0 Å². The number of hydrogen-bond donors (Lipinski definition) is 1. The summed E-state index contributed by atoms with van der Waals surface area (Å²) in [5.74, 6) is 0.625. The first-order chi connectivity index (χ1) is 10.7. The third kappa shape index (κ3) is 4.28. The quantitative estimate of drug-likeness (QED) is 0.852. The minimum absolute atomic E-state index is 0.160. The van der Waals surface area contributed by atoms with Crippen LogP contribution >= 0.6 is 0 Å². The van der Waals surface area contributed by atoms with Gasteiger partial charge in [0.15, 0.2) is 0 Å². The molecule has 0 unspecified atom stereocenters. The molecule has 22 heavy (non-hydrogen) atoms. The molecule has 1 amide bonds. The third-order valence-corrected chi connectivity index (χ3v) is 3.51. The van der Waals surface area contributed by atoms with Crippen molar-refractivity contribution in [2.75, 3.05) is 24.5 Å². The summed E-state index contributed by atoms with van der Waals surface area (Å²) in [7, 11) is 0. The van der Waals surface area contributed by atoms with E-state index in [1.807, 2.05) is 18.2 Å². The Morgan fingerprint density at radius 3 is 2.55 bits per heavy atom. The van der Waals surface area contributed by atoms with Crippen molar-refractivity contribution in [1.29, 1.82) is 0 Å². The highest BCUT2D eigenvalue weighted by Crippen LogP contribution is 2.10. The zero-order valence-electron chi connectivity index (χ0n) is 13.1. The number of amides is 1. The van der Waals surface area contributed by atoms with Crippen molar-refractivity contribution < 1.29 is 4.79 Å². The molecule has 1 aromatic heterocycles. The van der Waals surface area contributed by atoms with Crippen molar-refractivity contribution in [2.45, 2.75) is 20.3 Å². The van der Waals surface area contributed by atoms with Crippen molar-refractivity contribution in [3.05, 3.63) is 54.0 Å². The van der Waals surface area contributed by atoms with Gasteiger partial charge in [0.05, 0.1) is 0 Å². The van der Waals surface area contributed by atoms with E-state index >= 15 is 0 Å². The molecule has 0 aliphatic rings. The maximum absolute atomic E-state index is 12.2. The first kappa shape index (κ1) is 15.9. The molecule has 0 fully saturated rings. The lowest BCUT2D eigenvalue weighted by atomic mass is 10.1. The maximum atomic E-state index is 12.2. The normalized spacial score (nSPS) is 10.3. The number of carbonyl (C=O) groups excluding carboxylic acids is 1. The molecule has 0 saturated heterocycles.